The van der Waals surface area contributed by atoms with Crippen LogP contribution in [0.4, 0.5) is 21.7 Å². The summed E-state index contributed by atoms with van der Waals surface area (Å²) in [5.41, 5.74) is 7.29. The maximum Gasteiger partial charge on any atom is 0.163 e. The van der Waals surface area contributed by atoms with E-state index in [1.165, 1.54) is 12.1 Å². The lowest BCUT2D eigenvalue weighted by molar-refractivity contribution is 0.628. The van der Waals surface area contributed by atoms with E-state index in [1.807, 2.05) is 12.1 Å². The van der Waals surface area contributed by atoms with Crippen LogP contribution in [0.3, 0.4) is 0 Å². The molecule has 6 heteroatoms. The number of halogens is 2. The van der Waals surface area contributed by atoms with E-state index < -0.39 is 0 Å². The normalized spacial score (nSPS) is 10.5. The number of nitrogens with one attached hydrogen (secondary N) is 1. The molecule has 4 nitrogen and oxygen atoms in total. The largest absolute Gasteiger partial charge is 0.384 e. The van der Waals surface area contributed by atoms with Gasteiger partial charge >= 0.3 is 0 Å². The molecule has 22 heavy (non-hydrogen) atoms. The minimum absolute atomic E-state index is 0.315. The highest BCUT2D eigenvalue weighted by Crippen LogP contribution is 2.23. The molecule has 3 rings (SSSR count). The van der Waals surface area contributed by atoms with E-state index in [0.29, 0.717) is 28.0 Å². The third-order valence-electron chi connectivity index (χ3n) is 2.95. The van der Waals surface area contributed by atoms with Gasteiger partial charge in [0.1, 0.15) is 17.5 Å². The Morgan fingerprint density at radius 3 is 2.50 bits per heavy atom. The number of aromatic nitrogens is 2. The lowest BCUT2D eigenvalue weighted by atomic mass is 10.2. The van der Waals surface area contributed by atoms with E-state index in [2.05, 4.69) is 15.3 Å². The molecule has 1 heterocycles. The average Bonchev–Trinajstić information content (AvgIpc) is 2.47. The summed E-state index contributed by atoms with van der Waals surface area (Å²) in [6.45, 7) is 0. The highest BCUT2D eigenvalue weighted by Gasteiger charge is 2.06. The topological polar surface area (TPSA) is 63.8 Å². The highest BCUT2D eigenvalue weighted by atomic mass is 35.5. The summed E-state index contributed by atoms with van der Waals surface area (Å²) in [6, 6.07) is 14.8. The lowest BCUT2D eigenvalue weighted by Gasteiger charge is -2.09. The van der Waals surface area contributed by atoms with Crippen molar-refractivity contribution in [3.63, 3.8) is 0 Å². The van der Waals surface area contributed by atoms with E-state index in [9.17, 15) is 4.39 Å². The predicted molar refractivity (Wildman–Crippen MR) is 86.6 cm³/mol. The molecule has 0 aliphatic heterocycles. The number of rotatable bonds is 3. The summed E-state index contributed by atoms with van der Waals surface area (Å²) in [6.07, 6.45) is 0. The summed E-state index contributed by atoms with van der Waals surface area (Å²) in [5, 5.41) is 3.73. The van der Waals surface area contributed by atoms with Gasteiger partial charge in [0.2, 0.25) is 0 Å². The zero-order valence-corrected chi connectivity index (χ0v) is 12.2. The summed E-state index contributed by atoms with van der Waals surface area (Å²) in [4.78, 5) is 8.56. The molecule has 0 aliphatic rings. The molecule has 0 atom stereocenters. The van der Waals surface area contributed by atoms with Gasteiger partial charge < -0.3 is 11.1 Å². The van der Waals surface area contributed by atoms with Gasteiger partial charge in [-0.05, 0) is 42.5 Å². The molecule has 1 aromatic heterocycles. The second-order valence-corrected chi connectivity index (χ2v) is 5.08. The molecule has 0 unspecified atom stereocenters. The van der Waals surface area contributed by atoms with Crippen LogP contribution in [-0.4, -0.2) is 9.97 Å². The first-order chi connectivity index (χ1) is 10.6. The standard InChI is InChI=1S/C16H12ClFN4/c17-11-2-1-3-13(8-11)20-15-9-14(19)21-16(22-15)10-4-6-12(18)7-5-10/h1-9H,(H3,19,20,21,22). The number of anilines is 3. The molecule has 2 aromatic carbocycles. The molecule has 0 bridgehead atoms. The van der Waals surface area contributed by atoms with Crippen molar-refractivity contribution >= 4 is 28.9 Å². The van der Waals surface area contributed by atoms with Crippen molar-refractivity contribution in [2.45, 2.75) is 0 Å². The number of benzene rings is 2. The van der Waals surface area contributed by atoms with Crippen LogP contribution in [0.5, 0.6) is 0 Å². The van der Waals surface area contributed by atoms with E-state index in [4.69, 9.17) is 17.3 Å². The van der Waals surface area contributed by atoms with E-state index in [0.717, 1.165) is 5.69 Å². The summed E-state index contributed by atoms with van der Waals surface area (Å²) in [5.74, 6) is 0.961. The van der Waals surface area contributed by atoms with Crippen molar-refractivity contribution in [3.8, 4) is 11.4 Å². The molecular formula is C16H12ClFN4. The van der Waals surface area contributed by atoms with E-state index in [1.54, 1.807) is 30.3 Å². The molecule has 0 saturated carbocycles. The minimum Gasteiger partial charge on any atom is -0.384 e. The number of nitrogens with two attached hydrogens (primary N) is 1. The van der Waals surface area contributed by atoms with E-state index >= 15 is 0 Å². The van der Waals surface area contributed by atoms with Crippen molar-refractivity contribution in [1.29, 1.82) is 0 Å². The van der Waals surface area contributed by atoms with Gasteiger partial charge in [0, 0.05) is 22.3 Å². The van der Waals surface area contributed by atoms with Crippen LogP contribution < -0.4 is 11.1 Å². The Morgan fingerprint density at radius 2 is 1.77 bits per heavy atom. The second kappa shape index (κ2) is 5.99. The van der Waals surface area contributed by atoms with Gasteiger partial charge in [-0.15, -0.1) is 0 Å². The fraction of sp³-hybridized carbons (Fsp3) is 0. The molecule has 0 amide bonds. The number of nitrogens with zero attached hydrogens (tertiary/aromatic N) is 2. The maximum absolute atomic E-state index is 13.0. The zero-order chi connectivity index (χ0) is 15.5. The molecule has 0 radical (unpaired) electrons. The molecule has 0 aliphatic carbocycles. The Balaban J connectivity index is 1.94. The zero-order valence-electron chi connectivity index (χ0n) is 11.4. The maximum atomic E-state index is 13.0. The van der Waals surface area contributed by atoms with Gasteiger partial charge in [-0.2, -0.15) is 0 Å². The first-order valence-corrected chi connectivity index (χ1v) is 6.91. The lowest BCUT2D eigenvalue weighted by Crippen LogP contribution is -2.01. The Kier molecular flexibility index (Phi) is 3.89. The number of hydrogen-bond acceptors (Lipinski definition) is 4. The Bertz CT molecular complexity index is 805. The third-order valence-corrected chi connectivity index (χ3v) is 3.18. The van der Waals surface area contributed by atoms with Crippen molar-refractivity contribution < 1.29 is 4.39 Å². The van der Waals surface area contributed by atoms with Gasteiger partial charge in [-0.25, -0.2) is 14.4 Å². The average molecular weight is 315 g/mol. The van der Waals surface area contributed by atoms with Crippen LogP contribution in [0, 0.1) is 5.82 Å². The molecular weight excluding hydrogens is 303 g/mol. The number of hydrogen-bond donors (Lipinski definition) is 2. The van der Waals surface area contributed by atoms with Crippen molar-refractivity contribution in [2.24, 2.45) is 0 Å². The predicted octanol–water partition coefficient (Wildman–Crippen LogP) is 4.26. The van der Waals surface area contributed by atoms with Gasteiger partial charge in [-0.3, -0.25) is 0 Å². The van der Waals surface area contributed by atoms with Crippen molar-refractivity contribution in [3.05, 3.63) is 65.4 Å². The summed E-state index contributed by atoms with van der Waals surface area (Å²) < 4.78 is 13.0. The van der Waals surface area contributed by atoms with E-state index in [-0.39, 0.29) is 5.82 Å². The van der Waals surface area contributed by atoms with Crippen molar-refractivity contribution in [2.75, 3.05) is 11.1 Å². The van der Waals surface area contributed by atoms with Crippen LogP contribution in [0.2, 0.25) is 5.02 Å². The van der Waals surface area contributed by atoms with Crippen LogP contribution in [-0.2, 0) is 0 Å². The Hall–Kier alpha value is -2.66. The van der Waals surface area contributed by atoms with Crippen LogP contribution in [0.1, 0.15) is 0 Å². The molecule has 0 fully saturated rings. The van der Waals surface area contributed by atoms with Gasteiger partial charge in [0.15, 0.2) is 5.82 Å². The summed E-state index contributed by atoms with van der Waals surface area (Å²) in [7, 11) is 0. The molecule has 0 spiro atoms. The Morgan fingerprint density at radius 1 is 1.00 bits per heavy atom. The first kappa shape index (κ1) is 14.3. The first-order valence-electron chi connectivity index (χ1n) is 6.53. The van der Waals surface area contributed by atoms with Crippen molar-refractivity contribution in [1.82, 2.24) is 9.97 Å². The Labute approximate surface area is 131 Å². The second-order valence-electron chi connectivity index (χ2n) is 4.64. The van der Waals surface area contributed by atoms with Crippen LogP contribution >= 0.6 is 11.6 Å². The molecule has 3 N–H and O–H groups in total. The third kappa shape index (κ3) is 3.32. The van der Waals surface area contributed by atoms with Crippen LogP contribution in [0.25, 0.3) is 11.4 Å². The van der Waals surface area contributed by atoms with Gasteiger partial charge in [-0.1, -0.05) is 17.7 Å². The quantitative estimate of drug-likeness (QED) is 0.758. The number of nitrogen functional groups attached to an aromatic ring is 1. The molecule has 110 valence electrons. The molecule has 0 saturated heterocycles. The van der Waals surface area contributed by atoms with Gasteiger partial charge in [0.25, 0.3) is 0 Å². The highest BCUT2D eigenvalue weighted by molar-refractivity contribution is 6.30. The summed E-state index contributed by atoms with van der Waals surface area (Å²) >= 11 is 5.95. The monoisotopic (exact) mass is 314 g/mol. The SMILES string of the molecule is Nc1cc(Nc2cccc(Cl)c2)nc(-c2ccc(F)cc2)n1. The fourth-order valence-electron chi connectivity index (χ4n) is 1.97. The van der Waals surface area contributed by atoms with Gasteiger partial charge in [0.05, 0.1) is 0 Å². The smallest absolute Gasteiger partial charge is 0.163 e. The fourth-order valence-corrected chi connectivity index (χ4v) is 2.16. The van der Waals surface area contributed by atoms with Crippen LogP contribution in [0.15, 0.2) is 54.6 Å². The minimum atomic E-state index is -0.315. The molecule has 3 aromatic rings.